The second-order valence-corrected chi connectivity index (χ2v) is 6.05. The molecule has 112 valence electrons. The summed E-state index contributed by atoms with van der Waals surface area (Å²) in [7, 11) is 1.67. The molecule has 0 spiro atoms. The Kier molecular flexibility index (Phi) is 6.21. The van der Waals surface area contributed by atoms with Crippen molar-refractivity contribution in [1.29, 1.82) is 0 Å². The predicted octanol–water partition coefficient (Wildman–Crippen LogP) is 3.23. The van der Waals surface area contributed by atoms with Crippen LogP contribution < -0.4 is 10.6 Å². The van der Waals surface area contributed by atoms with Gasteiger partial charge in [0.25, 0.3) is 0 Å². The smallest absolute Gasteiger partial charge is 0.236 e. The summed E-state index contributed by atoms with van der Waals surface area (Å²) in [5.41, 5.74) is 2.58. The molecule has 0 unspecified atom stereocenters. The highest BCUT2D eigenvalue weighted by molar-refractivity contribution is 5.81. The van der Waals surface area contributed by atoms with E-state index in [2.05, 4.69) is 62.6 Å². The minimum Gasteiger partial charge on any atom is -0.358 e. The fraction of sp³-hybridized carbons (Fsp3) is 0.588. The molecule has 0 heterocycles. The quantitative estimate of drug-likeness (QED) is 0.837. The largest absolute Gasteiger partial charge is 0.358 e. The van der Waals surface area contributed by atoms with E-state index in [1.165, 1.54) is 11.1 Å². The maximum absolute atomic E-state index is 11.7. The minimum atomic E-state index is -0.197. The molecule has 3 heteroatoms. The third kappa shape index (κ3) is 4.34. The van der Waals surface area contributed by atoms with Crippen LogP contribution in [0.25, 0.3) is 0 Å². The Morgan fingerprint density at radius 2 is 1.45 bits per heavy atom. The topological polar surface area (TPSA) is 41.1 Å². The van der Waals surface area contributed by atoms with Crippen molar-refractivity contribution in [2.24, 2.45) is 5.92 Å². The lowest BCUT2D eigenvalue weighted by Crippen LogP contribution is -2.43. The van der Waals surface area contributed by atoms with Crippen molar-refractivity contribution >= 4 is 5.91 Å². The normalized spacial score (nSPS) is 14.4. The van der Waals surface area contributed by atoms with E-state index in [0.29, 0.717) is 11.8 Å². The number of carbonyl (C=O) groups excluding carboxylic acids is 1. The highest BCUT2D eigenvalue weighted by Gasteiger charge is 2.21. The van der Waals surface area contributed by atoms with Crippen LogP contribution in [0.1, 0.15) is 57.7 Å². The zero-order valence-corrected chi connectivity index (χ0v) is 13.5. The third-order valence-corrected chi connectivity index (χ3v) is 3.70. The van der Waals surface area contributed by atoms with Crippen LogP contribution in [-0.2, 0) is 4.79 Å². The van der Waals surface area contributed by atoms with Gasteiger partial charge in [-0.1, -0.05) is 52.0 Å². The molecular formula is C17H28N2O. The standard InChI is InChI=1S/C17H28N2O/c1-11(2)14-7-9-15(10-8-14)16(12(3)4)19-13(5)17(20)18-6/h7-13,16,19H,1-6H3,(H,18,20)/t13-,16-/m1/s1. The summed E-state index contributed by atoms with van der Waals surface area (Å²) >= 11 is 0. The number of hydrogen-bond acceptors (Lipinski definition) is 2. The Balaban J connectivity index is 2.88. The Hall–Kier alpha value is -1.35. The molecule has 2 N–H and O–H groups in total. The lowest BCUT2D eigenvalue weighted by atomic mass is 9.93. The number of hydrogen-bond donors (Lipinski definition) is 2. The minimum absolute atomic E-state index is 0.0226. The van der Waals surface area contributed by atoms with Crippen LogP contribution in [0.5, 0.6) is 0 Å². The molecule has 0 bridgehead atoms. The zero-order valence-electron chi connectivity index (χ0n) is 13.5. The first-order valence-electron chi connectivity index (χ1n) is 7.44. The van der Waals surface area contributed by atoms with Gasteiger partial charge in [0.15, 0.2) is 0 Å². The van der Waals surface area contributed by atoms with Crippen molar-refractivity contribution in [2.75, 3.05) is 7.05 Å². The maximum Gasteiger partial charge on any atom is 0.236 e. The van der Waals surface area contributed by atoms with Crippen LogP contribution in [0.4, 0.5) is 0 Å². The summed E-state index contributed by atoms with van der Waals surface area (Å²) in [4.78, 5) is 11.7. The molecule has 0 aromatic heterocycles. The van der Waals surface area contributed by atoms with E-state index in [4.69, 9.17) is 0 Å². The molecule has 20 heavy (non-hydrogen) atoms. The van der Waals surface area contributed by atoms with Crippen LogP contribution in [0.2, 0.25) is 0 Å². The van der Waals surface area contributed by atoms with E-state index in [0.717, 1.165) is 0 Å². The van der Waals surface area contributed by atoms with Gasteiger partial charge in [0.05, 0.1) is 6.04 Å². The summed E-state index contributed by atoms with van der Waals surface area (Å²) in [6, 6.07) is 8.69. The highest BCUT2D eigenvalue weighted by Crippen LogP contribution is 2.24. The summed E-state index contributed by atoms with van der Waals surface area (Å²) < 4.78 is 0. The van der Waals surface area contributed by atoms with Crippen LogP contribution in [0.15, 0.2) is 24.3 Å². The second kappa shape index (κ2) is 7.44. The average molecular weight is 276 g/mol. The van der Waals surface area contributed by atoms with E-state index in [9.17, 15) is 4.79 Å². The van der Waals surface area contributed by atoms with Crippen LogP contribution in [0.3, 0.4) is 0 Å². The molecule has 0 saturated carbocycles. The Labute approximate surface area is 123 Å². The van der Waals surface area contributed by atoms with E-state index in [1.807, 2.05) is 6.92 Å². The highest BCUT2D eigenvalue weighted by atomic mass is 16.2. The lowest BCUT2D eigenvalue weighted by Gasteiger charge is -2.26. The second-order valence-electron chi connectivity index (χ2n) is 6.05. The first-order chi connectivity index (χ1) is 9.36. The van der Waals surface area contributed by atoms with Crippen molar-refractivity contribution in [1.82, 2.24) is 10.6 Å². The van der Waals surface area contributed by atoms with Gasteiger partial charge < -0.3 is 5.32 Å². The summed E-state index contributed by atoms with van der Waals surface area (Å²) in [6.07, 6.45) is 0. The molecular weight excluding hydrogens is 248 g/mol. The van der Waals surface area contributed by atoms with Gasteiger partial charge in [-0.05, 0) is 29.9 Å². The molecule has 0 aliphatic carbocycles. The van der Waals surface area contributed by atoms with E-state index in [1.54, 1.807) is 7.05 Å². The molecule has 0 radical (unpaired) electrons. The Morgan fingerprint density at radius 1 is 0.950 bits per heavy atom. The van der Waals surface area contributed by atoms with Gasteiger partial charge in [0.2, 0.25) is 5.91 Å². The monoisotopic (exact) mass is 276 g/mol. The zero-order chi connectivity index (χ0) is 15.3. The predicted molar refractivity (Wildman–Crippen MR) is 84.8 cm³/mol. The Morgan fingerprint density at radius 3 is 1.85 bits per heavy atom. The van der Waals surface area contributed by atoms with Crippen LogP contribution >= 0.6 is 0 Å². The number of carbonyl (C=O) groups is 1. The first-order valence-corrected chi connectivity index (χ1v) is 7.44. The van der Waals surface area contributed by atoms with Crippen molar-refractivity contribution in [3.63, 3.8) is 0 Å². The number of benzene rings is 1. The van der Waals surface area contributed by atoms with E-state index >= 15 is 0 Å². The molecule has 1 rings (SSSR count). The molecule has 0 aliphatic rings. The van der Waals surface area contributed by atoms with Crippen molar-refractivity contribution in [3.8, 4) is 0 Å². The van der Waals surface area contributed by atoms with Crippen LogP contribution in [-0.4, -0.2) is 19.0 Å². The van der Waals surface area contributed by atoms with Gasteiger partial charge in [-0.25, -0.2) is 0 Å². The molecule has 1 aromatic carbocycles. The summed E-state index contributed by atoms with van der Waals surface area (Å²) in [5, 5.41) is 6.10. The molecule has 1 aromatic rings. The fourth-order valence-electron chi connectivity index (χ4n) is 2.32. The van der Waals surface area contributed by atoms with Crippen molar-refractivity contribution in [3.05, 3.63) is 35.4 Å². The molecule has 1 amide bonds. The van der Waals surface area contributed by atoms with Crippen LogP contribution in [0, 0.1) is 5.92 Å². The van der Waals surface area contributed by atoms with E-state index < -0.39 is 0 Å². The number of amides is 1. The maximum atomic E-state index is 11.7. The van der Waals surface area contributed by atoms with Gasteiger partial charge >= 0.3 is 0 Å². The number of rotatable bonds is 6. The molecule has 0 saturated heterocycles. The van der Waals surface area contributed by atoms with E-state index in [-0.39, 0.29) is 18.0 Å². The summed E-state index contributed by atoms with van der Waals surface area (Å²) in [5.74, 6) is 0.987. The van der Waals surface area contributed by atoms with Gasteiger partial charge in [0, 0.05) is 13.1 Å². The molecule has 2 atom stereocenters. The third-order valence-electron chi connectivity index (χ3n) is 3.70. The van der Waals surface area contributed by atoms with Gasteiger partial charge in [-0.3, -0.25) is 10.1 Å². The average Bonchev–Trinajstić information content (AvgIpc) is 2.43. The van der Waals surface area contributed by atoms with Crippen molar-refractivity contribution in [2.45, 2.75) is 52.6 Å². The SMILES string of the molecule is CNC(=O)[C@@H](C)N[C@@H](c1ccc(C(C)C)cc1)C(C)C. The number of likely N-dealkylation sites (N-methyl/N-ethyl adjacent to an activating group) is 1. The van der Waals surface area contributed by atoms with Gasteiger partial charge in [-0.2, -0.15) is 0 Å². The Bertz CT molecular complexity index is 423. The molecule has 3 nitrogen and oxygen atoms in total. The molecule has 0 fully saturated rings. The van der Waals surface area contributed by atoms with Crippen molar-refractivity contribution < 1.29 is 4.79 Å². The van der Waals surface area contributed by atoms with Gasteiger partial charge in [-0.15, -0.1) is 0 Å². The molecule has 0 aliphatic heterocycles. The number of nitrogens with one attached hydrogen (secondary N) is 2. The lowest BCUT2D eigenvalue weighted by molar-refractivity contribution is -0.122. The summed E-state index contributed by atoms with van der Waals surface area (Å²) in [6.45, 7) is 10.6. The fourth-order valence-corrected chi connectivity index (χ4v) is 2.32. The van der Waals surface area contributed by atoms with Gasteiger partial charge in [0.1, 0.15) is 0 Å². The first kappa shape index (κ1) is 16.7.